The summed E-state index contributed by atoms with van der Waals surface area (Å²) < 4.78 is 31.1. The second kappa shape index (κ2) is 8.60. The molecule has 32 heavy (non-hydrogen) atoms. The number of aryl methyl sites for hydroxylation is 2. The number of aromatic nitrogens is 2. The fourth-order valence-electron chi connectivity index (χ4n) is 3.58. The Morgan fingerprint density at radius 2 is 1.69 bits per heavy atom. The molecule has 0 unspecified atom stereocenters. The molecule has 0 atom stereocenters. The summed E-state index contributed by atoms with van der Waals surface area (Å²) in [6.07, 6.45) is 1.72. The van der Waals surface area contributed by atoms with Gasteiger partial charge in [0.05, 0.1) is 32.6 Å². The van der Waals surface area contributed by atoms with Crippen LogP contribution in [0.3, 0.4) is 0 Å². The van der Waals surface area contributed by atoms with Crippen molar-refractivity contribution in [1.82, 2.24) is 9.55 Å². The maximum absolute atomic E-state index is 13.2. The number of hydrogen-bond acceptors (Lipinski definition) is 3. The van der Waals surface area contributed by atoms with Gasteiger partial charge in [-0.25, -0.2) is 13.4 Å². The van der Waals surface area contributed by atoms with Gasteiger partial charge < -0.3 is 4.57 Å². The van der Waals surface area contributed by atoms with Crippen molar-refractivity contribution in [2.24, 2.45) is 0 Å². The van der Waals surface area contributed by atoms with Crippen molar-refractivity contribution < 1.29 is 8.42 Å². The molecular formula is C23H20Cl3N3O2S. The minimum Gasteiger partial charge on any atom is -0.326 e. The van der Waals surface area contributed by atoms with Crippen LogP contribution in [0.2, 0.25) is 15.1 Å². The molecule has 4 rings (SSSR count). The summed E-state index contributed by atoms with van der Waals surface area (Å²) >= 11 is 18.2. The van der Waals surface area contributed by atoms with E-state index in [2.05, 4.69) is 21.8 Å². The molecule has 1 N–H and O–H groups in total. The van der Waals surface area contributed by atoms with Crippen molar-refractivity contribution in [3.05, 3.63) is 86.1 Å². The summed E-state index contributed by atoms with van der Waals surface area (Å²) in [5.41, 5.74) is 5.80. The Hall–Kier alpha value is -2.25. The van der Waals surface area contributed by atoms with Crippen molar-refractivity contribution in [3.63, 3.8) is 0 Å². The molecule has 0 saturated carbocycles. The number of benzene rings is 3. The molecule has 0 aliphatic rings. The lowest BCUT2D eigenvalue weighted by Gasteiger charge is -2.15. The zero-order chi connectivity index (χ0) is 23.2. The van der Waals surface area contributed by atoms with E-state index < -0.39 is 10.0 Å². The molecule has 0 fully saturated rings. The molecule has 0 radical (unpaired) electrons. The highest BCUT2D eigenvalue weighted by Crippen LogP contribution is 2.35. The van der Waals surface area contributed by atoms with E-state index in [9.17, 15) is 8.42 Å². The van der Waals surface area contributed by atoms with Gasteiger partial charge in [0.2, 0.25) is 0 Å². The van der Waals surface area contributed by atoms with Crippen LogP contribution in [0, 0.1) is 20.8 Å². The van der Waals surface area contributed by atoms with Crippen molar-refractivity contribution in [1.29, 1.82) is 0 Å². The van der Waals surface area contributed by atoms with Crippen LogP contribution in [0.15, 0.2) is 53.7 Å². The van der Waals surface area contributed by atoms with Crippen LogP contribution in [0.5, 0.6) is 0 Å². The molecule has 0 aliphatic carbocycles. The van der Waals surface area contributed by atoms with E-state index in [4.69, 9.17) is 34.8 Å². The average molecular weight is 509 g/mol. The van der Waals surface area contributed by atoms with Gasteiger partial charge in [0.1, 0.15) is 10.4 Å². The highest BCUT2D eigenvalue weighted by atomic mass is 35.5. The first-order chi connectivity index (χ1) is 15.1. The predicted octanol–water partition coefficient (Wildman–Crippen LogP) is 6.77. The second-order valence-corrected chi connectivity index (χ2v) is 10.6. The Labute approximate surface area is 202 Å². The Morgan fingerprint density at radius 1 is 0.969 bits per heavy atom. The number of nitrogens with one attached hydrogen (secondary N) is 1. The van der Waals surface area contributed by atoms with E-state index in [0.29, 0.717) is 17.7 Å². The summed E-state index contributed by atoms with van der Waals surface area (Å²) in [7, 11) is -4.04. The molecule has 0 aliphatic heterocycles. The molecule has 4 aromatic rings. The molecule has 5 nitrogen and oxygen atoms in total. The smallest absolute Gasteiger partial charge is 0.263 e. The van der Waals surface area contributed by atoms with E-state index in [1.54, 1.807) is 6.33 Å². The van der Waals surface area contributed by atoms with Gasteiger partial charge in [-0.2, -0.15) is 0 Å². The number of rotatable bonds is 5. The van der Waals surface area contributed by atoms with E-state index >= 15 is 0 Å². The molecule has 166 valence electrons. The Balaban J connectivity index is 1.80. The number of fused-ring (bicyclic) bond motifs is 1. The first-order valence-corrected chi connectivity index (χ1v) is 12.4. The molecule has 1 aromatic heterocycles. The monoisotopic (exact) mass is 507 g/mol. The largest absolute Gasteiger partial charge is 0.326 e. The maximum atomic E-state index is 13.2. The number of sulfonamides is 1. The lowest BCUT2D eigenvalue weighted by Crippen LogP contribution is -2.15. The summed E-state index contributed by atoms with van der Waals surface area (Å²) in [5, 5.41) is 0.267. The lowest BCUT2D eigenvalue weighted by atomic mass is 10.1. The van der Waals surface area contributed by atoms with Crippen molar-refractivity contribution >= 4 is 61.5 Å². The van der Waals surface area contributed by atoms with Gasteiger partial charge >= 0.3 is 0 Å². The zero-order valence-electron chi connectivity index (χ0n) is 17.6. The number of anilines is 1. The average Bonchev–Trinajstić information content (AvgIpc) is 3.10. The molecular weight excluding hydrogens is 489 g/mol. The third kappa shape index (κ3) is 4.33. The summed E-state index contributed by atoms with van der Waals surface area (Å²) in [5.74, 6) is 0. The Bertz CT molecular complexity index is 1460. The number of halogens is 3. The van der Waals surface area contributed by atoms with Crippen molar-refractivity contribution in [2.75, 3.05) is 4.72 Å². The molecule has 1 heterocycles. The van der Waals surface area contributed by atoms with Gasteiger partial charge in [-0.05, 0) is 55.7 Å². The minimum atomic E-state index is -4.04. The number of imidazole rings is 1. The highest BCUT2D eigenvalue weighted by molar-refractivity contribution is 7.92. The Kier molecular flexibility index (Phi) is 6.16. The molecule has 0 amide bonds. The zero-order valence-corrected chi connectivity index (χ0v) is 20.7. The molecule has 9 heteroatoms. The quantitative estimate of drug-likeness (QED) is 0.303. The van der Waals surface area contributed by atoms with Crippen molar-refractivity contribution in [3.8, 4) is 0 Å². The topological polar surface area (TPSA) is 64.0 Å². The Morgan fingerprint density at radius 3 is 2.41 bits per heavy atom. The van der Waals surface area contributed by atoms with Crippen LogP contribution in [-0.2, 0) is 16.6 Å². The van der Waals surface area contributed by atoms with E-state index in [0.717, 1.165) is 22.2 Å². The second-order valence-electron chi connectivity index (χ2n) is 7.72. The lowest BCUT2D eigenvalue weighted by molar-refractivity contribution is 0.601. The first kappa shape index (κ1) is 22.9. The third-order valence-electron chi connectivity index (χ3n) is 5.37. The van der Waals surface area contributed by atoms with Crippen LogP contribution in [0.4, 0.5) is 5.69 Å². The molecule has 0 bridgehead atoms. The SMILES string of the molecule is Cc1cccc(Cn2cnc3c(NS(=O)(=O)c4cc(Cl)c(Cl)cc4Cl)c(C)c(C)cc32)c1. The fourth-order valence-corrected chi connectivity index (χ4v) is 5.71. The van der Waals surface area contributed by atoms with E-state index in [1.165, 1.54) is 17.7 Å². The predicted molar refractivity (Wildman–Crippen MR) is 132 cm³/mol. The van der Waals surface area contributed by atoms with Crippen LogP contribution < -0.4 is 4.72 Å². The van der Waals surface area contributed by atoms with Gasteiger partial charge in [0, 0.05) is 6.54 Å². The van der Waals surface area contributed by atoms with Gasteiger partial charge in [0.25, 0.3) is 10.0 Å². The van der Waals surface area contributed by atoms with Crippen molar-refractivity contribution in [2.45, 2.75) is 32.2 Å². The van der Waals surface area contributed by atoms with Crippen LogP contribution in [-0.4, -0.2) is 18.0 Å². The first-order valence-electron chi connectivity index (χ1n) is 9.75. The van der Waals surface area contributed by atoms with E-state index in [-0.39, 0.29) is 20.0 Å². The summed E-state index contributed by atoms with van der Waals surface area (Å²) in [6.45, 7) is 6.45. The number of hydrogen-bond donors (Lipinski definition) is 1. The van der Waals surface area contributed by atoms with Crippen LogP contribution in [0.1, 0.15) is 22.3 Å². The highest BCUT2D eigenvalue weighted by Gasteiger charge is 2.23. The fraction of sp³-hybridized carbons (Fsp3) is 0.174. The molecule has 3 aromatic carbocycles. The van der Waals surface area contributed by atoms with Gasteiger partial charge in [-0.1, -0.05) is 64.6 Å². The molecule has 0 spiro atoms. The van der Waals surface area contributed by atoms with Gasteiger partial charge in [-0.3, -0.25) is 4.72 Å². The van der Waals surface area contributed by atoms with Gasteiger partial charge in [-0.15, -0.1) is 0 Å². The minimum absolute atomic E-state index is 0.0153. The van der Waals surface area contributed by atoms with E-state index in [1.807, 2.05) is 43.5 Å². The van der Waals surface area contributed by atoms with Gasteiger partial charge in [0.15, 0.2) is 0 Å². The summed E-state index contributed by atoms with van der Waals surface area (Å²) in [4.78, 5) is 4.38. The van der Waals surface area contributed by atoms with Crippen LogP contribution >= 0.6 is 34.8 Å². The third-order valence-corrected chi connectivity index (χ3v) is 7.91. The van der Waals surface area contributed by atoms with Crippen LogP contribution in [0.25, 0.3) is 11.0 Å². The normalized spacial score (nSPS) is 11.8. The maximum Gasteiger partial charge on any atom is 0.263 e. The standard InChI is InChI=1S/C23H20Cl3N3O2S/c1-13-5-4-6-16(7-13)11-29-12-27-23-20(29)8-14(2)15(3)22(23)28-32(30,31)21-10-18(25)17(24)9-19(21)26/h4-10,12,28H,11H2,1-3H3. The molecule has 0 saturated heterocycles. The summed E-state index contributed by atoms with van der Waals surface area (Å²) in [6, 6.07) is 12.8. The number of nitrogens with zero attached hydrogens (tertiary/aromatic N) is 2.